The standard InChI is InChI=1S/C13H24N2O2/c1-17-13(16)12(9-14)15-8-4-7-11(15)10-5-2-3-6-10/h10-12H,2-9,14H2,1H3. The summed E-state index contributed by atoms with van der Waals surface area (Å²) in [5.74, 6) is 0.605. The molecule has 4 nitrogen and oxygen atoms in total. The fraction of sp³-hybridized carbons (Fsp3) is 0.923. The lowest BCUT2D eigenvalue weighted by Crippen LogP contribution is -2.50. The summed E-state index contributed by atoms with van der Waals surface area (Å²) in [4.78, 5) is 14.1. The molecule has 4 heteroatoms. The summed E-state index contributed by atoms with van der Waals surface area (Å²) in [5, 5.41) is 0. The van der Waals surface area contributed by atoms with Gasteiger partial charge in [-0.15, -0.1) is 0 Å². The SMILES string of the molecule is COC(=O)C(CN)N1CCCC1C1CCCC1. The first kappa shape index (κ1) is 12.8. The first-order valence-corrected chi connectivity index (χ1v) is 6.81. The zero-order chi connectivity index (χ0) is 12.3. The van der Waals surface area contributed by atoms with Gasteiger partial charge in [-0.25, -0.2) is 0 Å². The average molecular weight is 240 g/mol. The van der Waals surface area contributed by atoms with Crippen LogP contribution in [0.1, 0.15) is 38.5 Å². The van der Waals surface area contributed by atoms with Crippen LogP contribution < -0.4 is 5.73 Å². The second-order valence-electron chi connectivity index (χ2n) is 5.27. The first-order valence-electron chi connectivity index (χ1n) is 6.81. The minimum absolute atomic E-state index is 0.169. The summed E-state index contributed by atoms with van der Waals surface area (Å²) in [6.07, 6.45) is 7.74. The molecule has 2 unspecified atom stereocenters. The minimum atomic E-state index is -0.229. The van der Waals surface area contributed by atoms with E-state index in [4.69, 9.17) is 10.5 Å². The Morgan fingerprint density at radius 3 is 2.65 bits per heavy atom. The lowest BCUT2D eigenvalue weighted by Gasteiger charge is -2.33. The highest BCUT2D eigenvalue weighted by atomic mass is 16.5. The molecule has 2 atom stereocenters. The van der Waals surface area contributed by atoms with Crippen LogP contribution in [-0.2, 0) is 9.53 Å². The number of carbonyl (C=O) groups excluding carboxylic acids is 1. The van der Waals surface area contributed by atoms with Crippen molar-refractivity contribution in [3.8, 4) is 0 Å². The third-order valence-corrected chi connectivity index (χ3v) is 4.38. The van der Waals surface area contributed by atoms with Gasteiger partial charge in [0.2, 0.25) is 0 Å². The van der Waals surface area contributed by atoms with Crippen molar-refractivity contribution in [3.63, 3.8) is 0 Å². The number of hydrogen-bond acceptors (Lipinski definition) is 4. The van der Waals surface area contributed by atoms with Gasteiger partial charge in [0.1, 0.15) is 6.04 Å². The van der Waals surface area contributed by atoms with Gasteiger partial charge in [-0.3, -0.25) is 9.69 Å². The molecule has 0 amide bonds. The van der Waals surface area contributed by atoms with Crippen LogP contribution >= 0.6 is 0 Å². The predicted molar refractivity (Wildman–Crippen MR) is 66.5 cm³/mol. The van der Waals surface area contributed by atoms with Gasteiger partial charge in [-0.1, -0.05) is 12.8 Å². The Morgan fingerprint density at radius 1 is 1.35 bits per heavy atom. The molecule has 0 radical (unpaired) electrons. The van der Waals surface area contributed by atoms with Crippen molar-refractivity contribution < 1.29 is 9.53 Å². The van der Waals surface area contributed by atoms with E-state index in [1.807, 2.05) is 0 Å². The maximum absolute atomic E-state index is 11.7. The van der Waals surface area contributed by atoms with E-state index < -0.39 is 0 Å². The Labute approximate surface area is 103 Å². The van der Waals surface area contributed by atoms with E-state index in [1.54, 1.807) is 0 Å². The first-order chi connectivity index (χ1) is 8.27. The normalized spacial score (nSPS) is 28.5. The van der Waals surface area contributed by atoms with E-state index in [2.05, 4.69) is 4.90 Å². The largest absolute Gasteiger partial charge is 0.468 e. The van der Waals surface area contributed by atoms with Crippen molar-refractivity contribution in [1.82, 2.24) is 4.90 Å². The molecule has 1 heterocycles. The molecule has 0 aromatic carbocycles. The molecule has 2 aliphatic rings. The molecule has 2 rings (SSSR count). The van der Waals surface area contributed by atoms with E-state index in [1.165, 1.54) is 45.6 Å². The monoisotopic (exact) mass is 240 g/mol. The van der Waals surface area contributed by atoms with Gasteiger partial charge in [0.15, 0.2) is 0 Å². The van der Waals surface area contributed by atoms with Crippen LogP contribution in [0.25, 0.3) is 0 Å². The number of nitrogens with zero attached hydrogens (tertiary/aromatic N) is 1. The fourth-order valence-corrected chi connectivity index (χ4v) is 3.55. The van der Waals surface area contributed by atoms with Gasteiger partial charge >= 0.3 is 5.97 Å². The van der Waals surface area contributed by atoms with E-state index in [9.17, 15) is 4.79 Å². The smallest absolute Gasteiger partial charge is 0.324 e. The number of hydrogen-bond donors (Lipinski definition) is 1. The lowest BCUT2D eigenvalue weighted by molar-refractivity contribution is -0.147. The summed E-state index contributed by atoms with van der Waals surface area (Å²) >= 11 is 0. The van der Waals surface area contributed by atoms with Crippen molar-refractivity contribution in [2.45, 2.75) is 50.6 Å². The summed E-state index contributed by atoms with van der Waals surface area (Å²) in [7, 11) is 1.45. The summed E-state index contributed by atoms with van der Waals surface area (Å²) in [6, 6.07) is 0.332. The molecule has 17 heavy (non-hydrogen) atoms. The maximum Gasteiger partial charge on any atom is 0.324 e. The lowest BCUT2D eigenvalue weighted by atomic mass is 9.95. The Balaban J connectivity index is 2.04. The van der Waals surface area contributed by atoms with Crippen molar-refractivity contribution in [1.29, 1.82) is 0 Å². The molecule has 2 N–H and O–H groups in total. The molecule has 1 saturated heterocycles. The van der Waals surface area contributed by atoms with Crippen molar-refractivity contribution in [2.75, 3.05) is 20.2 Å². The van der Waals surface area contributed by atoms with Gasteiger partial charge in [0.25, 0.3) is 0 Å². The molecular weight excluding hydrogens is 216 g/mol. The van der Waals surface area contributed by atoms with Crippen LogP contribution in [0.3, 0.4) is 0 Å². The summed E-state index contributed by atoms with van der Waals surface area (Å²) in [5.41, 5.74) is 5.75. The Morgan fingerprint density at radius 2 is 2.06 bits per heavy atom. The van der Waals surface area contributed by atoms with E-state index in [0.717, 1.165) is 12.5 Å². The summed E-state index contributed by atoms with van der Waals surface area (Å²) < 4.78 is 4.87. The number of rotatable bonds is 4. The van der Waals surface area contributed by atoms with Crippen LogP contribution in [0, 0.1) is 5.92 Å². The van der Waals surface area contributed by atoms with Crippen LogP contribution in [0.15, 0.2) is 0 Å². The highest BCUT2D eigenvalue weighted by Gasteiger charge is 2.39. The molecule has 1 saturated carbocycles. The fourth-order valence-electron chi connectivity index (χ4n) is 3.55. The number of carbonyl (C=O) groups is 1. The Hall–Kier alpha value is -0.610. The van der Waals surface area contributed by atoms with Crippen LogP contribution in [0.5, 0.6) is 0 Å². The molecule has 0 aromatic heterocycles. The minimum Gasteiger partial charge on any atom is -0.468 e. The quantitative estimate of drug-likeness (QED) is 0.749. The zero-order valence-electron chi connectivity index (χ0n) is 10.7. The number of methoxy groups -OCH3 is 1. The number of likely N-dealkylation sites (tertiary alicyclic amines) is 1. The van der Waals surface area contributed by atoms with E-state index in [-0.39, 0.29) is 12.0 Å². The molecule has 0 bridgehead atoms. The van der Waals surface area contributed by atoms with Crippen molar-refractivity contribution >= 4 is 5.97 Å². The second-order valence-corrected chi connectivity index (χ2v) is 5.27. The van der Waals surface area contributed by atoms with Crippen LogP contribution in [0.2, 0.25) is 0 Å². The van der Waals surface area contributed by atoms with Gasteiger partial charge in [-0.2, -0.15) is 0 Å². The Bertz CT molecular complexity index is 264. The van der Waals surface area contributed by atoms with Crippen molar-refractivity contribution in [2.24, 2.45) is 11.7 Å². The topological polar surface area (TPSA) is 55.6 Å². The maximum atomic E-state index is 11.7. The predicted octanol–water partition coefficient (Wildman–Crippen LogP) is 1.14. The van der Waals surface area contributed by atoms with Gasteiger partial charge in [-0.05, 0) is 38.1 Å². The van der Waals surface area contributed by atoms with E-state index >= 15 is 0 Å². The van der Waals surface area contributed by atoms with Crippen LogP contribution in [0.4, 0.5) is 0 Å². The zero-order valence-corrected chi connectivity index (χ0v) is 10.7. The molecule has 98 valence electrons. The van der Waals surface area contributed by atoms with Crippen molar-refractivity contribution in [3.05, 3.63) is 0 Å². The number of nitrogens with two attached hydrogens (primary N) is 1. The highest BCUT2D eigenvalue weighted by Crippen LogP contribution is 2.36. The number of ether oxygens (including phenoxy) is 1. The third kappa shape index (κ3) is 2.63. The molecule has 2 fully saturated rings. The molecule has 1 aliphatic carbocycles. The second kappa shape index (κ2) is 5.83. The summed E-state index contributed by atoms with van der Waals surface area (Å²) in [6.45, 7) is 1.37. The number of esters is 1. The van der Waals surface area contributed by atoms with Gasteiger partial charge < -0.3 is 10.5 Å². The van der Waals surface area contributed by atoms with E-state index in [0.29, 0.717) is 12.6 Å². The molecule has 1 aliphatic heterocycles. The molecular formula is C13H24N2O2. The third-order valence-electron chi connectivity index (χ3n) is 4.38. The average Bonchev–Trinajstić information content (AvgIpc) is 2.99. The Kier molecular flexibility index (Phi) is 4.40. The van der Waals surface area contributed by atoms with Gasteiger partial charge in [0.05, 0.1) is 7.11 Å². The molecule has 0 aromatic rings. The molecule has 0 spiro atoms. The van der Waals surface area contributed by atoms with Gasteiger partial charge in [0, 0.05) is 12.6 Å². The van der Waals surface area contributed by atoms with Crippen LogP contribution in [-0.4, -0.2) is 43.2 Å². The highest BCUT2D eigenvalue weighted by molar-refractivity contribution is 5.76.